The van der Waals surface area contributed by atoms with Crippen LogP contribution in [-0.2, 0) is 32.7 Å². The Morgan fingerprint density at radius 2 is 1.00 bits per heavy atom. The first-order valence-corrected chi connectivity index (χ1v) is 21.9. The number of phosphoric ester groups is 1. The number of carbonyl (C=O) groups is 2. The third kappa shape index (κ3) is 37.7. The molecule has 1 unspecified atom stereocenters. The van der Waals surface area contributed by atoms with Gasteiger partial charge in [0.15, 0.2) is 6.10 Å². The Morgan fingerprint density at radius 1 is 0.556 bits per heavy atom. The number of esters is 2. The minimum Gasteiger partial charge on any atom is -0.462 e. The summed E-state index contributed by atoms with van der Waals surface area (Å²) in [6.45, 7) is 2.21. The van der Waals surface area contributed by atoms with E-state index >= 15 is 0 Å². The number of aliphatic hydroxyl groups is 2. The molecule has 0 saturated carbocycles. The Bertz CT molecular complexity index is 1130. The SMILES string of the molecule is CCCC/C=C/C/C=C/CCCCCCCC(=O)OC[C@H](COP(=O)(O)OC[C@@H](O)CO)OC(=O)CCC/C=C/C/C=C/C/C=C/C/C=C/CCCCC. The molecular formula is C43H73O10P. The lowest BCUT2D eigenvalue weighted by molar-refractivity contribution is -0.161. The highest BCUT2D eigenvalue weighted by molar-refractivity contribution is 7.47. The van der Waals surface area contributed by atoms with E-state index in [0.29, 0.717) is 19.3 Å². The number of hydrogen-bond donors (Lipinski definition) is 3. The van der Waals surface area contributed by atoms with E-state index in [-0.39, 0.29) is 19.4 Å². The molecule has 0 fully saturated rings. The van der Waals surface area contributed by atoms with E-state index in [1.54, 1.807) is 0 Å². The molecule has 3 atom stereocenters. The molecule has 0 aromatic rings. The molecular weight excluding hydrogens is 707 g/mol. The number of ether oxygens (including phenoxy) is 2. The molecule has 0 radical (unpaired) electrons. The molecule has 3 N–H and O–H groups in total. The van der Waals surface area contributed by atoms with Crippen molar-refractivity contribution in [2.75, 3.05) is 26.4 Å². The number of hydrogen-bond acceptors (Lipinski definition) is 9. The first-order chi connectivity index (χ1) is 26.2. The van der Waals surface area contributed by atoms with E-state index in [1.807, 2.05) is 12.2 Å². The second-order valence-corrected chi connectivity index (χ2v) is 14.8. The van der Waals surface area contributed by atoms with Gasteiger partial charge >= 0.3 is 19.8 Å². The van der Waals surface area contributed by atoms with Crippen molar-refractivity contribution in [3.05, 3.63) is 72.9 Å². The molecule has 0 aliphatic heterocycles. The number of allylic oxidation sites excluding steroid dienone is 12. The highest BCUT2D eigenvalue weighted by atomic mass is 31.2. The van der Waals surface area contributed by atoms with E-state index in [9.17, 15) is 24.2 Å². The van der Waals surface area contributed by atoms with Gasteiger partial charge in [-0.1, -0.05) is 132 Å². The Kier molecular flexibility index (Phi) is 36.8. The summed E-state index contributed by atoms with van der Waals surface area (Å²) in [5, 5.41) is 18.3. The molecule has 11 heteroatoms. The smallest absolute Gasteiger partial charge is 0.462 e. The Morgan fingerprint density at radius 3 is 1.56 bits per heavy atom. The Hall–Kier alpha value is -2.59. The predicted molar refractivity (Wildman–Crippen MR) is 219 cm³/mol. The van der Waals surface area contributed by atoms with E-state index in [1.165, 1.54) is 32.1 Å². The van der Waals surface area contributed by atoms with Crippen LogP contribution in [0.1, 0.15) is 149 Å². The van der Waals surface area contributed by atoms with E-state index in [0.717, 1.165) is 70.6 Å². The average molecular weight is 781 g/mol. The second-order valence-electron chi connectivity index (χ2n) is 13.3. The van der Waals surface area contributed by atoms with Gasteiger partial charge in [-0.2, -0.15) is 0 Å². The average Bonchev–Trinajstić information content (AvgIpc) is 3.16. The topological polar surface area (TPSA) is 149 Å². The van der Waals surface area contributed by atoms with Crippen molar-refractivity contribution in [1.82, 2.24) is 0 Å². The van der Waals surface area contributed by atoms with Crippen LogP contribution < -0.4 is 0 Å². The summed E-state index contributed by atoms with van der Waals surface area (Å²) >= 11 is 0. The van der Waals surface area contributed by atoms with Crippen LogP contribution in [-0.4, -0.2) is 65.7 Å². The maximum absolute atomic E-state index is 12.6. The Labute approximate surface area is 327 Å². The van der Waals surface area contributed by atoms with Crippen molar-refractivity contribution < 1.29 is 47.8 Å². The number of aliphatic hydroxyl groups excluding tert-OH is 2. The normalized spacial score (nSPS) is 14.7. The van der Waals surface area contributed by atoms with Crippen LogP contribution >= 0.6 is 7.82 Å². The van der Waals surface area contributed by atoms with Crippen LogP contribution in [0.4, 0.5) is 0 Å². The summed E-state index contributed by atoms with van der Waals surface area (Å²) in [5.74, 6) is -1.01. The molecule has 0 spiro atoms. The van der Waals surface area contributed by atoms with Gasteiger partial charge in [0.1, 0.15) is 12.7 Å². The highest BCUT2D eigenvalue weighted by Crippen LogP contribution is 2.43. The zero-order valence-electron chi connectivity index (χ0n) is 33.4. The molecule has 0 saturated heterocycles. The fourth-order valence-electron chi connectivity index (χ4n) is 4.88. The third-order valence-corrected chi connectivity index (χ3v) is 9.03. The quantitative estimate of drug-likeness (QED) is 0.0241. The van der Waals surface area contributed by atoms with Gasteiger partial charge < -0.3 is 24.6 Å². The van der Waals surface area contributed by atoms with Crippen LogP contribution in [0.25, 0.3) is 0 Å². The minimum atomic E-state index is -4.64. The van der Waals surface area contributed by atoms with Crippen LogP contribution in [0.5, 0.6) is 0 Å². The fraction of sp³-hybridized carbons (Fsp3) is 0.674. The van der Waals surface area contributed by atoms with Gasteiger partial charge in [0, 0.05) is 12.8 Å². The van der Waals surface area contributed by atoms with Crippen molar-refractivity contribution in [1.29, 1.82) is 0 Å². The van der Waals surface area contributed by atoms with Crippen LogP contribution in [0.2, 0.25) is 0 Å². The lowest BCUT2D eigenvalue weighted by atomic mass is 10.1. The fourth-order valence-corrected chi connectivity index (χ4v) is 5.67. The van der Waals surface area contributed by atoms with Gasteiger partial charge in [-0.3, -0.25) is 18.6 Å². The third-order valence-electron chi connectivity index (χ3n) is 8.08. The number of unbranched alkanes of at least 4 members (excludes halogenated alkanes) is 11. The zero-order chi connectivity index (χ0) is 39.8. The first kappa shape index (κ1) is 51.4. The molecule has 310 valence electrons. The Balaban J connectivity index is 4.48. The van der Waals surface area contributed by atoms with Gasteiger partial charge in [0.05, 0.1) is 19.8 Å². The van der Waals surface area contributed by atoms with Crippen molar-refractivity contribution >= 4 is 19.8 Å². The lowest BCUT2D eigenvalue weighted by Gasteiger charge is -2.20. The lowest BCUT2D eigenvalue weighted by Crippen LogP contribution is -2.29. The molecule has 0 aliphatic rings. The van der Waals surface area contributed by atoms with E-state index in [2.05, 4.69) is 79.1 Å². The second kappa shape index (κ2) is 38.7. The number of carbonyl (C=O) groups excluding carboxylic acids is 2. The molecule has 54 heavy (non-hydrogen) atoms. The van der Waals surface area contributed by atoms with Crippen molar-refractivity contribution in [2.45, 2.75) is 161 Å². The minimum absolute atomic E-state index is 0.102. The maximum atomic E-state index is 12.6. The zero-order valence-corrected chi connectivity index (χ0v) is 34.3. The maximum Gasteiger partial charge on any atom is 0.472 e. The van der Waals surface area contributed by atoms with Gasteiger partial charge in [-0.25, -0.2) is 4.57 Å². The summed E-state index contributed by atoms with van der Waals surface area (Å²) in [5.41, 5.74) is 0. The van der Waals surface area contributed by atoms with Gasteiger partial charge in [-0.05, 0) is 77.0 Å². The van der Waals surface area contributed by atoms with Gasteiger partial charge in [0.2, 0.25) is 0 Å². The van der Waals surface area contributed by atoms with Gasteiger partial charge in [0.25, 0.3) is 0 Å². The number of phosphoric acid groups is 1. The largest absolute Gasteiger partial charge is 0.472 e. The van der Waals surface area contributed by atoms with Crippen molar-refractivity contribution in [3.63, 3.8) is 0 Å². The summed E-state index contributed by atoms with van der Waals surface area (Å²) in [7, 11) is -4.64. The molecule has 0 rings (SSSR count). The summed E-state index contributed by atoms with van der Waals surface area (Å²) in [6, 6.07) is 0. The van der Waals surface area contributed by atoms with Crippen LogP contribution in [0.15, 0.2) is 72.9 Å². The van der Waals surface area contributed by atoms with E-state index < -0.39 is 51.8 Å². The summed E-state index contributed by atoms with van der Waals surface area (Å²) < 4.78 is 32.6. The monoisotopic (exact) mass is 780 g/mol. The van der Waals surface area contributed by atoms with Gasteiger partial charge in [-0.15, -0.1) is 0 Å². The first-order valence-electron chi connectivity index (χ1n) is 20.4. The standard InChI is InChI=1S/C43H73O10P/c1-3-5-7-9-11-13-15-17-19-20-21-23-25-27-29-31-33-35-43(47)53-41(39-52-54(48,49)51-37-40(45)36-44)38-50-42(46)34-32-30-28-26-24-22-18-16-14-12-10-8-6-4-2/h10-13,16-19,21,23,27,29,40-41,44-45H,3-9,14-15,20,22,24-26,28,30-39H2,1-2H3,(H,48,49)/b12-10+,13-11+,18-16+,19-17+,23-21+,29-27+/t40-,41+/m0/s1. The van der Waals surface area contributed by atoms with Crippen molar-refractivity contribution in [2.24, 2.45) is 0 Å². The molecule has 0 heterocycles. The molecule has 0 bridgehead atoms. The van der Waals surface area contributed by atoms with Crippen molar-refractivity contribution in [3.8, 4) is 0 Å². The molecule has 0 amide bonds. The highest BCUT2D eigenvalue weighted by Gasteiger charge is 2.27. The molecule has 0 aromatic carbocycles. The molecule has 0 aliphatic carbocycles. The van der Waals surface area contributed by atoms with Crippen LogP contribution in [0.3, 0.4) is 0 Å². The van der Waals surface area contributed by atoms with E-state index in [4.69, 9.17) is 19.1 Å². The molecule has 10 nitrogen and oxygen atoms in total. The van der Waals surface area contributed by atoms with Crippen LogP contribution in [0, 0.1) is 0 Å². The summed E-state index contributed by atoms with van der Waals surface area (Å²) in [4.78, 5) is 34.9. The molecule has 0 aromatic heterocycles. The summed E-state index contributed by atoms with van der Waals surface area (Å²) in [6.07, 6.45) is 43.0. The number of rotatable bonds is 37. The predicted octanol–water partition coefficient (Wildman–Crippen LogP) is 10.5.